The van der Waals surface area contributed by atoms with Gasteiger partial charge in [0, 0.05) is 21.4 Å². The van der Waals surface area contributed by atoms with Gasteiger partial charge in [0.2, 0.25) is 5.89 Å². The van der Waals surface area contributed by atoms with E-state index in [0.717, 1.165) is 9.26 Å². The first-order valence-electron chi connectivity index (χ1n) is 5.03. The van der Waals surface area contributed by atoms with Gasteiger partial charge in [-0.2, -0.15) is 4.98 Å². The number of aryl methyl sites for hydroxylation is 1. The number of aromatic nitrogens is 2. The molecular weight excluding hydrogens is 351 g/mol. The third kappa shape index (κ3) is 2.94. The van der Waals surface area contributed by atoms with Gasteiger partial charge in [0.05, 0.1) is 11.5 Å². The van der Waals surface area contributed by atoms with Crippen LogP contribution in [0.1, 0.15) is 11.7 Å². The van der Waals surface area contributed by atoms with Crippen molar-refractivity contribution in [3.63, 3.8) is 0 Å². The highest BCUT2D eigenvalue weighted by atomic mass is 127. The largest absolute Gasteiger partial charge is 0.375 e. The van der Waals surface area contributed by atoms with Gasteiger partial charge in [-0.1, -0.05) is 5.16 Å². The molecule has 0 bridgehead atoms. The van der Waals surface area contributed by atoms with Crippen molar-refractivity contribution in [3.05, 3.63) is 43.6 Å². The van der Waals surface area contributed by atoms with Gasteiger partial charge in [-0.25, -0.2) is 0 Å². The molecule has 0 aliphatic carbocycles. The number of nitro groups is 1. The van der Waals surface area contributed by atoms with Crippen molar-refractivity contribution in [2.45, 2.75) is 13.5 Å². The van der Waals surface area contributed by atoms with Crippen molar-refractivity contribution in [1.82, 2.24) is 10.1 Å². The van der Waals surface area contributed by atoms with Crippen LogP contribution in [0, 0.1) is 20.6 Å². The van der Waals surface area contributed by atoms with Crippen molar-refractivity contribution in [2.75, 3.05) is 5.32 Å². The zero-order chi connectivity index (χ0) is 13.1. The van der Waals surface area contributed by atoms with E-state index in [4.69, 9.17) is 4.52 Å². The van der Waals surface area contributed by atoms with Crippen LogP contribution in [-0.4, -0.2) is 15.1 Å². The monoisotopic (exact) mass is 360 g/mol. The van der Waals surface area contributed by atoms with Gasteiger partial charge >= 0.3 is 0 Å². The molecule has 1 heterocycles. The first-order chi connectivity index (χ1) is 8.56. The highest BCUT2D eigenvalue weighted by Crippen LogP contribution is 2.23. The van der Waals surface area contributed by atoms with Crippen LogP contribution >= 0.6 is 22.6 Å². The Balaban J connectivity index is 2.08. The summed E-state index contributed by atoms with van der Waals surface area (Å²) in [4.78, 5) is 14.2. The Bertz CT molecular complexity index is 584. The van der Waals surface area contributed by atoms with E-state index in [1.807, 2.05) is 22.6 Å². The maximum absolute atomic E-state index is 10.6. The second kappa shape index (κ2) is 5.29. The lowest BCUT2D eigenvalue weighted by Gasteiger charge is -2.05. The number of halogens is 1. The van der Waals surface area contributed by atoms with Crippen molar-refractivity contribution < 1.29 is 9.45 Å². The zero-order valence-electron chi connectivity index (χ0n) is 9.38. The molecule has 0 atom stereocenters. The molecule has 2 aromatic rings. The summed E-state index contributed by atoms with van der Waals surface area (Å²) in [6.45, 7) is 2.12. The highest BCUT2D eigenvalue weighted by molar-refractivity contribution is 14.1. The smallest absolute Gasteiger partial charge is 0.270 e. The molecule has 94 valence electrons. The third-order valence-corrected chi connectivity index (χ3v) is 3.06. The topological polar surface area (TPSA) is 94.1 Å². The third-order valence-electron chi connectivity index (χ3n) is 2.16. The minimum atomic E-state index is -0.423. The fraction of sp³-hybridized carbons (Fsp3) is 0.200. The summed E-state index contributed by atoms with van der Waals surface area (Å²) in [5, 5.41) is 17.3. The maximum atomic E-state index is 10.6. The summed E-state index contributed by atoms with van der Waals surface area (Å²) in [5.41, 5.74) is 0.857. The Morgan fingerprint density at radius 2 is 2.33 bits per heavy atom. The minimum Gasteiger partial charge on any atom is -0.375 e. The van der Waals surface area contributed by atoms with Gasteiger partial charge in [0.25, 0.3) is 5.69 Å². The average Bonchev–Trinajstić information content (AvgIpc) is 2.73. The Kier molecular flexibility index (Phi) is 3.75. The molecule has 18 heavy (non-hydrogen) atoms. The van der Waals surface area contributed by atoms with Gasteiger partial charge in [-0.3, -0.25) is 10.1 Å². The van der Waals surface area contributed by atoms with E-state index in [9.17, 15) is 10.1 Å². The van der Waals surface area contributed by atoms with E-state index in [0.29, 0.717) is 18.3 Å². The fourth-order valence-electron chi connectivity index (χ4n) is 1.34. The maximum Gasteiger partial charge on any atom is 0.270 e. The zero-order valence-corrected chi connectivity index (χ0v) is 11.5. The lowest BCUT2D eigenvalue weighted by molar-refractivity contribution is -0.384. The molecule has 0 amide bonds. The van der Waals surface area contributed by atoms with E-state index < -0.39 is 4.92 Å². The van der Waals surface area contributed by atoms with Crippen LogP contribution in [0.15, 0.2) is 22.7 Å². The summed E-state index contributed by atoms with van der Waals surface area (Å²) < 4.78 is 5.72. The summed E-state index contributed by atoms with van der Waals surface area (Å²) in [7, 11) is 0. The van der Waals surface area contributed by atoms with Crippen LogP contribution in [0.25, 0.3) is 0 Å². The number of anilines is 1. The van der Waals surface area contributed by atoms with Gasteiger partial charge in [0.15, 0.2) is 5.82 Å². The van der Waals surface area contributed by atoms with Crippen LogP contribution in [0.4, 0.5) is 11.4 Å². The molecule has 0 spiro atoms. The molecule has 0 saturated heterocycles. The van der Waals surface area contributed by atoms with E-state index in [1.54, 1.807) is 13.0 Å². The summed E-state index contributed by atoms with van der Waals surface area (Å²) in [6.07, 6.45) is 0. The number of nitrogens with one attached hydrogen (secondary N) is 1. The van der Waals surface area contributed by atoms with E-state index >= 15 is 0 Å². The van der Waals surface area contributed by atoms with E-state index in [1.165, 1.54) is 12.1 Å². The van der Waals surface area contributed by atoms with Crippen molar-refractivity contribution in [1.29, 1.82) is 0 Å². The molecule has 1 aromatic carbocycles. The first-order valence-corrected chi connectivity index (χ1v) is 6.11. The lowest BCUT2D eigenvalue weighted by atomic mass is 10.3. The Hall–Kier alpha value is -1.71. The van der Waals surface area contributed by atoms with Gasteiger partial charge in [0.1, 0.15) is 0 Å². The molecule has 0 radical (unpaired) electrons. The average molecular weight is 360 g/mol. The van der Waals surface area contributed by atoms with Crippen molar-refractivity contribution in [3.8, 4) is 0 Å². The summed E-state index contributed by atoms with van der Waals surface area (Å²) in [6, 6.07) is 4.61. The molecule has 0 fully saturated rings. The number of hydrogen-bond acceptors (Lipinski definition) is 6. The van der Waals surface area contributed by atoms with Crippen LogP contribution in [0.3, 0.4) is 0 Å². The molecule has 1 N–H and O–H groups in total. The first kappa shape index (κ1) is 12.7. The molecule has 0 unspecified atom stereocenters. The molecule has 8 heteroatoms. The Labute approximate surface area is 116 Å². The Morgan fingerprint density at radius 1 is 1.56 bits per heavy atom. The number of nitrogens with zero attached hydrogens (tertiary/aromatic N) is 3. The Morgan fingerprint density at radius 3 is 2.89 bits per heavy atom. The minimum absolute atomic E-state index is 0.0681. The second-order valence-electron chi connectivity index (χ2n) is 3.51. The SMILES string of the molecule is Cc1noc(CNc2ccc([N+](=O)[O-])cc2I)n1. The fourth-order valence-corrected chi connectivity index (χ4v) is 2.03. The summed E-state index contributed by atoms with van der Waals surface area (Å²) >= 11 is 2.03. The summed E-state index contributed by atoms with van der Waals surface area (Å²) in [5.74, 6) is 1.05. The molecule has 7 nitrogen and oxygen atoms in total. The van der Waals surface area contributed by atoms with Crippen LogP contribution in [-0.2, 0) is 6.54 Å². The highest BCUT2D eigenvalue weighted by Gasteiger charge is 2.09. The molecule has 2 rings (SSSR count). The van der Waals surface area contributed by atoms with Gasteiger partial charge < -0.3 is 9.84 Å². The van der Waals surface area contributed by atoms with Crippen molar-refractivity contribution in [2.24, 2.45) is 0 Å². The van der Waals surface area contributed by atoms with E-state index in [-0.39, 0.29) is 5.69 Å². The molecule has 0 aliphatic heterocycles. The number of nitro benzene ring substituents is 1. The number of non-ortho nitro benzene ring substituents is 1. The molecule has 1 aromatic heterocycles. The molecule has 0 aliphatic rings. The number of hydrogen-bond donors (Lipinski definition) is 1. The van der Waals surface area contributed by atoms with Crippen LogP contribution < -0.4 is 5.32 Å². The predicted molar refractivity (Wildman–Crippen MR) is 72.2 cm³/mol. The molecule has 0 saturated carbocycles. The standard InChI is InChI=1S/C10H9IN4O3/c1-6-13-10(18-14-6)5-12-9-3-2-7(15(16)17)4-8(9)11/h2-4,12H,5H2,1H3. The molecular formula is C10H9IN4O3. The normalized spacial score (nSPS) is 10.3. The quantitative estimate of drug-likeness (QED) is 0.512. The van der Waals surface area contributed by atoms with Crippen LogP contribution in [0.5, 0.6) is 0 Å². The van der Waals surface area contributed by atoms with Crippen molar-refractivity contribution >= 4 is 34.0 Å². The lowest BCUT2D eigenvalue weighted by Crippen LogP contribution is -2.02. The predicted octanol–water partition coefficient (Wildman–Crippen LogP) is 2.50. The van der Waals surface area contributed by atoms with Gasteiger partial charge in [-0.15, -0.1) is 0 Å². The number of rotatable bonds is 4. The van der Waals surface area contributed by atoms with Crippen LogP contribution in [0.2, 0.25) is 0 Å². The van der Waals surface area contributed by atoms with Gasteiger partial charge in [-0.05, 0) is 35.6 Å². The number of benzene rings is 1. The second-order valence-corrected chi connectivity index (χ2v) is 4.67. The van der Waals surface area contributed by atoms with E-state index in [2.05, 4.69) is 15.5 Å².